The van der Waals surface area contributed by atoms with Crippen molar-refractivity contribution < 1.29 is 14.0 Å². The van der Waals surface area contributed by atoms with Crippen LogP contribution in [0.15, 0.2) is 9.95 Å². The van der Waals surface area contributed by atoms with Crippen molar-refractivity contribution in [3.05, 3.63) is 21.6 Å². The molecule has 3 N–H and O–H groups in total. The highest BCUT2D eigenvalue weighted by molar-refractivity contribution is 7.99. The van der Waals surface area contributed by atoms with E-state index in [1.807, 2.05) is 0 Å². The van der Waals surface area contributed by atoms with E-state index in [4.69, 9.17) is 5.73 Å². The molecule has 0 atom stereocenters. The Hall–Kier alpha value is -1.90. The number of piperidine rings is 1. The van der Waals surface area contributed by atoms with Gasteiger partial charge in [-0.05, 0) is 51.4 Å². The molecule has 1 saturated heterocycles. The fourth-order valence-corrected chi connectivity index (χ4v) is 5.12. The fraction of sp³-hybridized carbons (Fsp3) is 0.700. The van der Waals surface area contributed by atoms with Crippen LogP contribution < -0.4 is 11.3 Å². The van der Waals surface area contributed by atoms with Gasteiger partial charge in [0.1, 0.15) is 6.17 Å². The maximum atomic E-state index is 13.2. The molecule has 29 heavy (non-hydrogen) atoms. The minimum Gasteiger partial charge on any atom is -0.369 e. The first-order valence-electron chi connectivity index (χ1n) is 10.3. The molecule has 0 aromatic carbocycles. The van der Waals surface area contributed by atoms with E-state index >= 15 is 0 Å². The number of nitrogens with one attached hydrogen (secondary N) is 1. The van der Waals surface area contributed by atoms with E-state index < -0.39 is 6.17 Å². The van der Waals surface area contributed by atoms with Crippen LogP contribution in [0.4, 0.5) is 4.39 Å². The van der Waals surface area contributed by atoms with Gasteiger partial charge >= 0.3 is 0 Å². The van der Waals surface area contributed by atoms with Crippen molar-refractivity contribution in [2.45, 2.75) is 63.2 Å². The number of halogens is 1. The summed E-state index contributed by atoms with van der Waals surface area (Å²) in [5.41, 5.74) is 5.99. The van der Waals surface area contributed by atoms with E-state index in [0.717, 1.165) is 18.6 Å². The zero-order chi connectivity index (χ0) is 21.0. The topological polar surface area (TPSA) is 109 Å². The number of H-pyrrole nitrogens is 1. The number of aromatic nitrogens is 2. The molecule has 1 aromatic rings. The van der Waals surface area contributed by atoms with Crippen molar-refractivity contribution in [2.75, 3.05) is 18.8 Å². The maximum absolute atomic E-state index is 13.2. The van der Waals surface area contributed by atoms with Gasteiger partial charge in [0.15, 0.2) is 5.16 Å². The molecule has 160 valence electrons. The number of aromatic amines is 1. The number of alkyl halides is 1. The normalized spacial score (nSPS) is 23.2. The zero-order valence-electron chi connectivity index (χ0n) is 16.8. The highest BCUT2D eigenvalue weighted by Gasteiger charge is 2.27. The molecule has 1 saturated carbocycles. The van der Waals surface area contributed by atoms with Gasteiger partial charge in [-0.2, -0.15) is 0 Å². The van der Waals surface area contributed by atoms with Gasteiger partial charge in [0.2, 0.25) is 11.8 Å². The molecular formula is C20H29FN4O3S. The molecule has 1 aliphatic carbocycles. The fourth-order valence-electron chi connectivity index (χ4n) is 4.02. The highest BCUT2D eigenvalue weighted by atomic mass is 32.2. The van der Waals surface area contributed by atoms with Crippen LogP contribution in [0.2, 0.25) is 0 Å². The number of nitrogens with zero attached hydrogens (tertiary/aromatic N) is 2. The number of nitrogens with two attached hydrogens (primary N) is 1. The SMILES string of the molecule is Cc1nc(SCC2CCC(F)CC2)[nH]c(=O)c1CC(=O)N1CCC(C(N)=O)CC1. The Balaban J connectivity index is 1.56. The van der Waals surface area contributed by atoms with Gasteiger partial charge in [0.25, 0.3) is 5.56 Å². The number of hydrogen-bond acceptors (Lipinski definition) is 5. The predicted molar refractivity (Wildman–Crippen MR) is 109 cm³/mol. The Labute approximate surface area is 174 Å². The Morgan fingerprint density at radius 1 is 1.21 bits per heavy atom. The number of primary amides is 1. The lowest BCUT2D eigenvalue weighted by atomic mass is 9.90. The van der Waals surface area contributed by atoms with Gasteiger partial charge in [0, 0.05) is 36.0 Å². The monoisotopic (exact) mass is 424 g/mol. The number of carbonyl (C=O) groups excluding carboxylic acids is 2. The summed E-state index contributed by atoms with van der Waals surface area (Å²) in [6, 6.07) is 0. The van der Waals surface area contributed by atoms with Crippen molar-refractivity contribution in [3.8, 4) is 0 Å². The smallest absolute Gasteiger partial charge is 0.255 e. The van der Waals surface area contributed by atoms with Crippen molar-refractivity contribution in [2.24, 2.45) is 17.6 Å². The quantitative estimate of drug-likeness (QED) is 0.536. The number of amides is 2. The molecule has 3 rings (SSSR count). The van der Waals surface area contributed by atoms with Gasteiger partial charge in [0.05, 0.1) is 6.42 Å². The van der Waals surface area contributed by atoms with Crippen LogP contribution in [0.25, 0.3) is 0 Å². The molecule has 2 heterocycles. The Morgan fingerprint density at radius 3 is 2.45 bits per heavy atom. The van der Waals surface area contributed by atoms with Crippen LogP contribution in [-0.2, 0) is 16.0 Å². The molecular weight excluding hydrogens is 395 g/mol. The third-order valence-electron chi connectivity index (χ3n) is 6.01. The lowest BCUT2D eigenvalue weighted by molar-refractivity contribution is -0.134. The summed E-state index contributed by atoms with van der Waals surface area (Å²) in [5, 5.41) is 0.549. The lowest BCUT2D eigenvalue weighted by Gasteiger charge is -2.30. The third-order valence-corrected chi connectivity index (χ3v) is 7.12. The molecule has 0 radical (unpaired) electrons. The minimum atomic E-state index is -0.671. The number of hydrogen-bond donors (Lipinski definition) is 2. The summed E-state index contributed by atoms with van der Waals surface area (Å²) in [4.78, 5) is 45.3. The molecule has 7 nitrogen and oxygen atoms in total. The number of thioether (sulfide) groups is 1. The number of aryl methyl sites for hydroxylation is 1. The summed E-state index contributed by atoms with van der Waals surface area (Å²) in [7, 11) is 0. The van der Waals surface area contributed by atoms with Gasteiger partial charge in [-0.15, -0.1) is 0 Å². The average Bonchev–Trinajstić information content (AvgIpc) is 2.70. The Morgan fingerprint density at radius 2 is 1.86 bits per heavy atom. The molecule has 1 aromatic heterocycles. The number of likely N-dealkylation sites (tertiary alicyclic amines) is 1. The van der Waals surface area contributed by atoms with Crippen molar-refractivity contribution in [1.29, 1.82) is 0 Å². The maximum Gasteiger partial charge on any atom is 0.255 e. The van der Waals surface area contributed by atoms with E-state index in [2.05, 4.69) is 9.97 Å². The van der Waals surface area contributed by atoms with E-state index in [0.29, 0.717) is 61.1 Å². The van der Waals surface area contributed by atoms with Gasteiger partial charge in [-0.1, -0.05) is 11.8 Å². The van der Waals surface area contributed by atoms with Crippen molar-refractivity contribution in [1.82, 2.24) is 14.9 Å². The summed E-state index contributed by atoms with van der Waals surface area (Å²) >= 11 is 1.49. The van der Waals surface area contributed by atoms with Gasteiger partial charge in [-0.25, -0.2) is 9.37 Å². The molecule has 2 amide bonds. The molecule has 2 aliphatic rings. The van der Waals surface area contributed by atoms with Gasteiger partial charge < -0.3 is 15.6 Å². The Kier molecular flexibility index (Phi) is 7.32. The second-order valence-electron chi connectivity index (χ2n) is 8.10. The predicted octanol–water partition coefficient (Wildman–Crippen LogP) is 1.97. The standard InChI is InChI=1S/C20H29FN4O3S/c1-12-16(10-17(26)25-8-6-14(7-9-25)18(22)27)19(28)24-20(23-12)29-11-13-2-4-15(21)5-3-13/h13-15H,2-11H2,1H3,(H2,22,27)(H,23,24,28). The summed E-state index contributed by atoms with van der Waals surface area (Å²) in [5.74, 6) is 0.623. The lowest BCUT2D eigenvalue weighted by Crippen LogP contribution is -2.43. The summed E-state index contributed by atoms with van der Waals surface area (Å²) < 4.78 is 13.2. The second-order valence-corrected chi connectivity index (χ2v) is 9.11. The first kappa shape index (κ1) is 21.8. The summed E-state index contributed by atoms with van der Waals surface area (Å²) in [6.07, 6.45) is 3.43. The number of carbonyl (C=O) groups is 2. The van der Waals surface area contributed by atoms with Crippen LogP contribution in [0.5, 0.6) is 0 Å². The first-order valence-corrected chi connectivity index (χ1v) is 11.3. The van der Waals surface area contributed by atoms with E-state index in [9.17, 15) is 18.8 Å². The number of rotatable bonds is 6. The molecule has 9 heteroatoms. The van der Waals surface area contributed by atoms with E-state index in [-0.39, 0.29) is 29.7 Å². The molecule has 2 fully saturated rings. The largest absolute Gasteiger partial charge is 0.369 e. The van der Waals surface area contributed by atoms with Crippen LogP contribution in [0, 0.1) is 18.8 Å². The van der Waals surface area contributed by atoms with Crippen molar-refractivity contribution >= 4 is 23.6 Å². The minimum absolute atomic E-state index is 0.000858. The molecule has 0 spiro atoms. The molecule has 0 unspecified atom stereocenters. The Bertz CT molecular complexity index is 799. The van der Waals surface area contributed by atoms with Crippen molar-refractivity contribution in [3.63, 3.8) is 0 Å². The molecule has 0 bridgehead atoms. The zero-order valence-corrected chi connectivity index (χ0v) is 17.6. The third kappa shape index (κ3) is 5.81. The average molecular weight is 425 g/mol. The van der Waals surface area contributed by atoms with Crippen LogP contribution in [0.3, 0.4) is 0 Å². The van der Waals surface area contributed by atoms with Crippen LogP contribution in [-0.4, -0.2) is 51.7 Å². The van der Waals surface area contributed by atoms with Crippen LogP contribution in [0.1, 0.15) is 49.8 Å². The molecule has 1 aliphatic heterocycles. The van der Waals surface area contributed by atoms with E-state index in [1.165, 1.54) is 11.8 Å². The van der Waals surface area contributed by atoms with Crippen LogP contribution >= 0.6 is 11.8 Å². The van der Waals surface area contributed by atoms with Gasteiger partial charge in [-0.3, -0.25) is 14.4 Å². The second kappa shape index (κ2) is 9.73. The first-order chi connectivity index (χ1) is 13.8. The van der Waals surface area contributed by atoms with E-state index in [1.54, 1.807) is 11.8 Å². The summed E-state index contributed by atoms with van der Waals surface area (Å²) in [6.45, 7) is 2.70. The highest BCUT2D eigenvalue weighted by Crippen LogP contribution is 2.30.